The van der Waals surface area contributed by atoms with E-state index in [9.17, 15) is 23.1 Å². The fourth-order valence-corrected chi connectivity index (χ4v) is 7.03. The number of aliphatic hydroxyl groups excluding tert-OH is 1. The fourth-order valence-electron chi connectivity index (χ4n) is 4.96. The summed E-state index contributed by atoms with van der Waals surface area (Å²) in [7, 11) is -3.99. The lowest BCUT2D eigenvalue weighted by atomic mass is 9.86. The van der Waals surface area contributed by atoms with Crippen molar-refractivity contribution in [3.8, 4) is 0 Å². The van der Waals surface area contributed by atoms with Gasteiger partial charge < -0.3 is 15.0 Å². The molecule has 9 heteroatoms. The van der Waals surface area contributed by atoms with Gasteiger partial charge >= 0.3 is 0 Å². The number of hydrogen-bond acceptors (Lipinski definition) is 5. The first-order valence-corrected chi connectivity index (χ1v) is 11.9. The van der Waals surface area contributed by atoms with E-state index in [1.54, 1.807) is 43.3 Å². The normalized spacial score (nSPS) is 25.3. The van der Waals surface area contributed by atoms with Crippen LogP contribution < -0.4 is 10.9 Å². The van der Waals surface area contributed by atoms with Crippen molar-refractivity contribution in [3.05, 3.63) is 64.1 Å². The average Bonchev–Trinajstić information content (AvgIpc) is 3.00. The van der Waals surface area contributed by atoms with Crippen molar-refractivity contribution in [1.82, 2.24) is 14.2 Å². The van der Waals surface area contributed by atoms with Gasteiger partial charge in [-0.15, -0.1) is 0 Å². The number of aryl methyl sites for hydroxylation is 1. The van der Waals surface area contributed by atoms with E-state index in [1.165, 1.54) is 14.9 Å². The maximum absolute atomic E-state index is 13.8. The van der Waals surface area contributed by atoms with Crippen molar-refractivity contribution in [2.45, 2.75) is 43.8 Å². The fraction of sp³-hybridized carbons (Fsp3) is 0.455. The number of hydrogen-bond donors (Lipinski definition) is 2. The van der Waals surface area contributed by atoms with E-state index in [-0.39, 0.29) is 29.5 Å². The van der Waals surface area contributed by atoms with Crippen LogP contribution in [-0.4, -0.2) is 47.5 Å². The summed E-state index contributed by atoms with van der Waals surface area (Å²) in [5.74, 6) is -1.72. The summed E-state index contributed by atoms with van der Waals surface area (Å²) in [6.45, 7) is 3.86. The van der Waals surface area contributed by atoms with E-state index in [1.807, 2.05) is 6.92 Å². The summed E-state index contributed by atoms with van der Waals surface area (Å²) in [5, 5.41) is 13.1. The number of benzene rings is 1. The number of sulfonamides is 1. The zero-order valence-corrected chi connectivity index (χ0v) is 18.4. The molecule has 1 aromatic carbocycles. The first kappa shape index (κ1) is 21.7. The van der Waals surface area contributed by atoms with Crippen molar-refractivity contribution < 1.29 is 18.3 Å². The van der Waals surface area contributed by atoms with Crippen molar-refractivity contribution in [2.75, 3.05) is 13.2 Å². The molecule has 2 aromatic rings. The molecule has 1 amide bonds. The third kappa shape index (κ3) is 3.40. The van der Waals surface area contributed by atoms with E-state index in [2.05, 4.69) is 5.32 Å². The number of aromatic nitrogens is 1. The quantitative estimate of drug-likeness (QED) is 0.691. The molecule has 3 heterocycles. The van der Waals surface area contributed by atoms with Crippen molar-refractivity contribution >= 4 is 15.9 Å². The Bertz CT molecular complexity index is 1160. The van der Waals surface area contributed by atoms with Crippen molar-refractivity contribution in [2.24, 2.45) is 11.8 Å². The lowest BCUT2D eigenvalue weighted by Crippen LogP contribution is -2.49. The van der Waals surface area contributed by atoms with Gasteiger partial charge in [-0.1, -0.05) is 31.2 Å². The smallest absolute Gasteiger partial charge is 0.250 e. The van der Waals surface area contributed by atoms with Crippen molar-refractivity contribution in [3.63, 3.8) is 0 Å². The van der Waals surface area contributed by atoms with Gasteiger partial charge in [0.2, 0.25) is 15.9 Å². The molecule has 1 fully saturated rings. The minimum absolute atomic E-state index is 0.0966. The van der Waals surface area contributed by atoms with Crippen LogP contribution in [0.25, 0.3) is 0 Å². The molecule has 0 aliphatic carbocycles. The molecule has 166 valence electrons. The highest BCUT2D eigenvalue weighted by Crippen LogP contribution is 2.50. The van der Waals surface area contributed by atoms with Crippen LogP contribution in [0.3, 0.4) is 0 Å². The Labute approximate surface area is 181 Å². The Morgan fingerprint density at radius 2 is 1.94 bits per heavy atom. The molecule has 4 atom stereocenters. The second-order valence-electron chi connectivity index (χ2n) is 8.18. The predicted octanol–water partition coefficient (Wildman–Crippen LogP) is 1.04. The average molecular weight is 446 g/mol. The predicted molar refractivity (Wildman–Crippen MR) is 115 cm³/mol. The lowest BCUT2D eigenvalue weighted by Gasteiger charge is -2.37. The zero-order chi connectivity index (χ0) is 22.3. The van der Waals surface area contributed by atoms with Crippen LogP contribution >= 0.6 is 0 Å². The highest BCUT2D eigenvalue weighted by Gasteiger charge is 2.59. The van der Waals surface area contributed by atoms with E-state index >= 15 is 0 Å². The maximum atomic E-state index is 13.8. The third-order valence-corrected chi connectivity index (χ3v) is 8.43. The Morgan fingerprint density at radius 1 is 1.19 bits per heavy atom. The summed E-state index contributed by atoms with van der Waals surface area (Å²) in [6.07, 6.45) is 0.734. The van der Waals surface area contributed by atoms with Crippen LogP contribution in [0.1, 0.15) is 30.6 Å². The molecule has 2 N–H and O–H groups in total. The number of amides is 1. The molecule has 0 unspecified atom stereocenters. The number of fused-ring (bicyclic) bond motifs is 4. The highest BCUT2D eigenvalue weighted by molar-refractivity contribution is 7.89. The van der Waals surface area contributed by atoms with Crippen LogP contribution in [0, 0.1) is 18.8 Å². The van der Waals surface area contributed by atoms with Gasteiger partial charge in [0.25, 0.3) is 5.56 Å². The molecular formula is C22H27N3O5S. The molecule has 1 saturated heterocycles. The number of nitrogens with zero attached hydrogens (tertiary/aromatic N) is 2. The maximum Gasteiger partial charge on any atom is 0.250 e. The van der Waals surface area contributed by atoms with E-state index in [0.717, 1.165) is 6.42 Å². The minimum Gasteiger partial charge on any atom is -0.396 e. The molecule has 1 aromatic heterocycles. The Morgan fingerprint density at radius 3 is 2.61 bits per heavy atom. The standard InChI is InChI=1S/C22H27N3O5S/c1-3-11-23-22(28)20-15(13-26)17-12-24-16(8-6-10-19(24)27)21(20)25(17)31(29,30)18-9-5-4-7-14(18)2/h4-10,15,17,20-21,26H,3,11-13H2,1-2H3,(H,23,28)/t15-,17-,20+,21+/m1/s1. The molecular weight excluding hydrogens is 418 g/mol. The van der Waals surface area contributed by atoms with Crippen LogP contribution in [0.5, 0.6) is 0 Å². The molecule has 0 spiro atoms. The topological polar surface area (TPSA) is 109 Å². The van der Waals surface area contributed by atoms with Crippen molar-refractivity contribution in [1.29, 1.82) is 0 Å². The second-order valence-corrected chi connectivity index (χ2v) is 9.99. The summed E-state index contributed by atoms with van der Waals surface area (Å²) in [6, 6.07) is 9.85. The van der Waals surface area contributed by atoms with Crippen LogP contribution in [0.15, 0.2) is 52.2 Å². The first-order chi connectivity index (χ1) is 14.8. The first-order valence-electron chi connectivity index (χ1n) is 10.5. The number of carbonyl (C=O) groups excluding carboxylic acids is 1. The summed E-state index contributed by atoms with van der Waals surface area (Å²) >= 11 is 0. The Kier molecular flexibility index (Phi) is 5.76. The lowest BCUT2D eigenvalue weighted by molar-refractivity contribution is -0.127. The summed E-state index contributed by atoms with van der Waals surface area (Å²) in [4.78, 5) is 25.9. The largest absolute Gasteiger partial charge is 0.396 e. The molecule has 0 saturated carbocycles. The number of aliphatic hydroxyl groups is 1. The number of pyridine rings is 1. The van der Waals surface area contributed by atoms with E-state index in [0.29, 0.717) is 17.8 Å². The third-order valence-electron chi connectivity index (χ3n) is 6.36. The number of rotatable bonds is 6. The van der Waals surface area contributed by atoms with Gasteiger partial charge in [-0.2, -0.15) is 4.31 Å². The Balaban J connectivity index is 1.91. The summed E-state index contributed by atoms with van der Waals surface area (Å²) < 4.78 is 30.6. The van der Waals surface area contributed by atoms with E-state index in [4.69, 9.17) is 0 Å². The van der Waals surface area contributed by atoms with Gasteiger partial charge in [0, 0.05) is 43.4 Å². The minimum atomic E-state index is -3.99. The second kappa shape index (κ2) is 8.22. The van der Waals surface area contributed by atoms with Gasteiger partial charge in [-0.05, 0) is 31.0 Å². The van der Waals surface area contributed by atoms with Gasteiger partial charge in [-0.25, -0.2) is 8.42 Å². The highest BCUT2D eigenvalue weighted by atomic mass is 32.2. The summed E-state index contributed by atoms with van der Waals surface area (Å²) in [5.41, 5.74) is 0.839. The molecule has 4 rings (SSSR count). The monoisotopic (exact) mass is 445 g/mol. The molecule has 2 bridgehead atoms. The number of nitrogens with one attached hydrogen (secondary N) is 1. The van der Waals surface area contributed by atoms with Crippen LogP contribution in [0.2, 0.25) is 0 Å². The number of carbonyl (C=O) groups is 1. The van der Waals surface area contributed by atoms with E-state index < -0.39 is 33.9 Å². The van der Waals surface area contributed by atoms with Gasteiger partial charge in [0.15, 0.2) is 0 Å². The molecule has 2 aliphatic rings. The van der Waals surface area contributed by atoms with Gasteiger partial charge in [0.05, 0.1) is 16.9 Å². The SMILES string of the molecule is CCCNC(=O)[C@H]1[C@H](CO)[C@H]2Cn3c(cccc3=O)[C@@H]1N2S(=O)(=O)c1ccccc1C. The van der Waals surface area contributed by atoms with Gasteiger partial charge in [-0.3, -0.25) is 9.59 Å². The van der Waals surface area contributed by atoms with Crippen LogP contribution in [0.4, 0.5) is 0 Å². The molecule has 31 heavy (non-hydrogen) atoms. The van der Waals surface area contributed by atoms with Crippen LogP contribution in [-0.2, 0) is 21.4 Å². The molecule has 8 nitrogen and oxygen atoms in total. The molecule has 0 radical (unpaired) electrons. The zero-order valence-electron chi connectivity index (χ0n) is 17.6. The molecule has 2 aliphatic heterocycles. The van der Waals surface area contributed by atoms with Gasteiger partial charge in [0.1, 0.15) is 0 Å². The Hall–Kier alpha value is -2.49.